The molecule has 0 bridgehead atoms. The number of hydrogen-bond donors (Lipinski definition) is 6. The summed E-state index contributed by atoms with van der Waals surface area (Å²) in [5.41, 5.74) is 6.91. The molecule has 0 saturated carbocycles. The number of nitrogens with two attached hydrogens (primary N) is 1. The van der Waals surface area contributed by atoms with E-state index in [4.69, 9.17) is 29.7 Å². The molecule has 2 rings (SSSR count). The van der Waals surface area contributed by atoms with Crippen molar-refractivity contribution in [2.75, 3.05) is 19.8 Å². The molecule has 0 radical (unpaired) electrons. The summed E-state index contributed by atoms with van der Waals surface area (Å²) >= 11 is 0. The topological polar surface area (TPSA) is 153 Å². The van der Waals surface area contributed by atoms with Crippen LogP contribution in [0.25, 0.3) is 11.1 Å². The van der Waals surface area contributed by atoms with Gasteiger partial charge in [-0.2, -0.15) is 0 Å². The first-order chi connectivity index (χ1) is 14.5. The van der Waals surface area contributed by atoms with E-state index in [-0.39, 0.29) is 19.0 Å². The summed E-state index contributed by atoms with van der Waals surface area (Å²) in [5, 5.41) is 18.5. The van der Waals surface area contributed by atoms with E-state index in [1.54, 1.807) is 6.07 Å². The number of aliphatic hydroxyl groups is 2. The molecule has 0 saturated heterocycles. The fraction of sp³-hybridized carbons (Fsp3) is 0.429. The van der Waals surface area contributed by atoms with E-state index in [1.807, 2.05) is 30.3 Å². The molecular weight excluding hydrogens is 428 g/mol. The van der Waals surface area contributed by atoms with Crippen molar-refractivity contribution in [3.8, 4) is 16.9 Å². The van der Waals surface area contributed by atoms with Gasteiger partial charge in [0, 0.05) is 5.56 Å². The van der Waals surface area contributed by atoms with Gasteiger partial charge in [0.2, 0.25) is 0 Å². The van der Waals surface area contributed by atoms with E-state index in [9.17, 15) is 14.6 Å². The molecule has 0 aliphatic carbocycles. The summed E-state index contributed by atoms with van der Waals surface area (Å²) in [6.45, 7) is 2.18. The minimum absolute atomic E-state index is 0.308. The minimum Gasteiger partial charge on any atom is -0.494 e. The molecule has 7 N–H and O–H groups in total. The van der Waals surface area contributed by atoms with Crippen molar-refractivity contribution in [2.24, 2.45) is 5.73 Å². The van der Waals surface area contributed by atoms with Crippen LogP contribution < -0.4 is 10.5 Å². The molecule has 10 heteroatoms. The molecule has 0 amide bonds. The Balaban J connectivity index is 0.000000861. The number of aliphatic hydroxyl groups excluding tert-OH is 2. The monoisotopic (exact) mass is 459 g/mol. The normalized spacial score (nSPS) is 11.6. The number of unbranched alkanes of at least 4 members (excludes halogenated alkanes) is 1. The van der Waals surface area contributed by atoms with Gasteiger partial charge in [0.25, 0.3) is 0 Å². The van der Waals surface area contributed by atoms with Crippen molar-refractivity contribution >= 4 is 7.82 Å². The number of ether oxygens (including phenoxy) is 1. The highest BCUT2D eigenvalue weighted by atomic mass is 31.2. The predicted molar refractivity (Wildman–Crippen MR) is 116 cm³/mol. The molecule has 0 heterocycles. The molecule has 2 aromatic carbocycles. The average Bonchev–Trinajstić information content (AvgIpc) is 2.72. The summed E-state index contributed by atoms with van der Waals surface area (Å²) < 4.78 is 29.0. The van der Waals surface area contributed by atoms with Gasteiger partial charge >= 0.3 is 7.82 Å². The third-order valence-electron chi connectivity index (χ3n) is 4.51. The van der Waals surface area contributed by atoms with Gasteiger partial charge in [0.15, 0.2) is 0 Å². The molecule has 0 fully saturated rings. The fourth-order valence-corrected chi connectivity index (χ4v) is 2.61. The van der Waals surface area contributed by atoms with Crippen molar-refractivity contribution in [2.45, 2.75) is 38.1 Å². The highest BCUT2D eigenvalue weighted by Gasteiger charge is 2.22. The van der Waals surface area contributed by atoms with Crippen LogP contribution >= 0.6 is 7.82 Å². The van der Waals surface area contributed by atoms with E-state index in [1.165, 1.54) is 6.07 Å². The first-order valence-electron chi connectivity index (χ1n) is 9.82. The summed E-state index contributed by atoms with van der Waals surface area (Å²) in [7, 11) is -4.64. The van der Waals surface area contributed by atoms with Crippen LogP contribution in [0.15, 0.2) is 42.5 Å². The van der Waals surface area contributed by atoms with Gasteiger partial charge in [-0.25, -0.2) is 8.96 Å². The maximum absolute atomic E-state index is 14.5. The summed E-state index contributed by atoms with van der Waals surface area (Å²) in [5.74, 6) is 0.476. The number of halogens is 1. The van der Waals surface area contributed by atoms with Crippen LogP contribution in [0.5, 0.6) is 5.75 Å². The second-order valence-corrected chi connectivity index (χ2v) is 8.26. The Bertz CT molecular complexity index is 830. The molecule has 2 aromatic rings. The summed E-state index contributed by atoms with van der Waals surface area (Å²) in [6.07, 6.45) is 2.95. The molecule has 8 nitrogen and oxygen atoms in total. The Labute approximate surface area is 181 Å². The summed E-state index contributed by atoms with van der Waals surface area (Å²) in [4.78, 5) is 21.6. The molecule has 0 unspecified atom stereocenters. The Morgan fingerprint density at radius 1 is 1.06 bits per heavy atom. The van der Waals surface area contributed by atoms with Crippen LogP contribution in [0, 0.1) is 5.82 Å². The average molecular weight is 459 g/mol. The third-order valence-corrected chi connectivity index (χ3v) is 4.51. The maximum atomic E-state index is 14.5. The van der Waals surface area contributed by atoms with Crippen molar-refractivity contribution in [3.63, 3.8) is 0 Å². The number of benzene rings is 2. The van der Waals surface area contributed by atoms with E-state index in [2.05, 4.69) is 6.92 Å². The first-order valence-corrected chi connectivity index (χ1v) is 11.4. The lowest BCUT2D eigenvalue weighted by Crippen LogP contribution is -2.47. The van der Waals surface area contributed by atoms with Gasteiger partial charge in [-0.05, 0) is 48.6 Å². The van der Waals surface area contributed by atoms with Gasteiger partial charge in [0.1, 0.15) is 11.6 Å². The number of hydrogen-bond acceptors (Lipinski definition) is 5. The number of rotatable bonds is 10. The molecule has 0 atom stereocenters. The van der Waals surface area contributed by atoms with Crippen molar-refractivity contribution in [3.05, 3.63) is 53.8 Å². The largest absolute Gasteiger partial charge is 0.494 e. The fourth-order valence-electron chi connectivity index (χ4n) is 2.61. The standard InChI is InChI=1S/C21H28FNO3.H3O4P/c1-2-3-12-26-18-7-5-17(6-8-18)19-9-4-16(13-20(19)22)10-11-21(23,14-24)15-25;1-5(2,3)4/h4-9,13,24-25H,2-3,10-12,14-15,23H2,1H3;(H3,1,2,3,4). The highest BCUT2D eigenvalue weighted by Crippen LogP contribution is 2.27. The molecule has 0 aliphatic rings. The van der Waals surface area contributed by atoms with Crippen LogP contribution in [0.4, 0.5) is 4.39 Å². The molecular formula is C21H31FNO7P. The molecule has 174 valence electrons. The maximum Gasteiger partial charge on any atom is 0.466 e. The number of phosphoric acid groups is 1. The molecule has 0 aliphatic heterocycles. The van der Waals surface area contributed by atoms with E-state index in [0.29, 0.717) is 25.0 Å². The molecule has 0 aromatic heterocycles. The zero-order valence-electron chi connectivity index (χ0n) is 17.4. The van der Waals surface area contributed by atoms with E-state index in [0.717, 1.165) is 29.7 Å². The minimum atomic E-state index is -4.64. The van der Waals surface area contributed by atoms with Crippen LogP contribution in [-0.4, -0.2) is 50.3 Å². The van der Waals surface area contributed by atoms with Gasteiger partial charge in [-0.1, -0.05) is 37.6 Å². The first kappa shape index (κ1) is 27.2. The zero-order valence-corrected chi connectivity index (χ0v) is 18.3. The Hall–Kier alpha value is -1.84. The second kappa shape index (κ2) is 12.9. The SMILES string of the molecule is CCCCOc1ccc(-c2ccc(CCC(N)(CO)CO)cc2F)cc1.O=P(O)(O)O. The number of aryl methyl sites for hydroxylation is 1. The third kappa shape index (κ3) is 10.8. The highest BCUT2D eigenvalue weighted by molar-refractivity contribution is 7.45. The van der Waals surface area contributed by atoms with Crippen LogP contribution in [0.2, 0.25) is 0 Å². The molecule has 0 spiro atoms. The second-order valence-electron chi connectivity index (χ2n) is 7.23. The van der Waals surface area contributed by atoms with Crippen LogP contribution in [0.1, 0.15) is 31.7 Å². The van der Waals surface area contributed by atoms with Gasteiger partial charge in [-0.15, -0.1) is 0 Å². The smallest absolute Gasteiger partial charge is 0.466 e. The lowest BCUT2D eigenvalue weighted by molar-refractivity contribution is 0.115. The van der Waals surface area contributed by atoms with Crippen molar-refractivity contribution in [1.82, 2.24) is 0 Å². The van der Waals surface area contributed by atoms with Crippen molar-refractivity contribution in [1.29, 1.82) is 0 Å². The Morgan fingerprint density at radius 2 is 1.65 bits per heavy atom. The van der Waals surface area contributed by atoms with Crippen LogP contribution in [-0.2, 0) is 11.0 Å². The van der Waals surface area contributed by atoms with E-state index >= 15 is 0 Å². The van der Waals surface area contributed by atoms with Gasteiger partial charge < -0.3 is 35.4 Å². The summed E-state index contributed by atoms with van der Waals surface area (Å²) in [6, 6.07) is 12.5. The van der Waals surface area contributed by atoms with E-state index < -0.39 is 13.4 Å². The van der Waals surface area contributed by atoms with Gasteiger partial charge in [-0.3, -0.25) is 0 Å². The van der Waals surface area contributed by atoms with Crippen LogP contribution in [0.3, 0.4) is 0 Å². The van der Waals surface area contributed by atoms with Gasteiger partial charge in [0.05, 0.1) is 25.4 Å². The zero-order chi connectivity index (χ0) is 23.5. The lowest BCUT2D eigenvalue weighted by atomic mass is 9.93. The van der Waals surface area contributed by atoms with Crippen molar-refractivity contribution < 1.29 is 38.6 Å². The quantitative estimate of drug-likeness (QED) is 0.234. The lowest BCUT2D eigenvalue weighted by Gasteiger charge is -2.24. The Kier molecular flexibility index (Phi) is 11.3. The predicted octanol–water partition coefficient (Wildman–Crippen LogP) is 2.36. The molecule has 31 heavy (non-hydrogen) atoms. The Morgan fingerprint density at radius 3 is 2.13 bits per heavy atom.